The molecule has 2 heterocycles. The predicted octanol–water partition coefficient (Wildman–Crippen LogP) is 3.24. The largest absolute Gasteiger partial charge is 0.366 e. The van der Waals surface area contributed by atoms with Gasteiger partial charge in [0.05, 0.1) is 11.4 Å². The number of hydrogen-bond acceptors (Lipinski definition) is 4. The second-order valence-corrected chi connectivity index (χ2v) is 8.52. The fourth-order valence-corrected chi connectivity index (χ4v) is 4.80. The maximum absolute atomic E-state index is 13.1. The summed E-state index contributed by atoms with van der Waals surface area (Å²) in [6.45, 7) is 1.52. The highest BCUT2D eigenvalue weighted by Gasteiger charge is 2.28. The lowest BCUT2D eigenvalue weighted by atomic mass is 10.0. The number of fused-ring (bicyclic) bond motifs is 3. The highest BCUT2D eigenvalue weighted by molar-refractivity contribution is 6.00. The van der Waals surface area contributed by atoms with Crippen molar-refractivity contribution in [3.63, 3.8) is 0 Å². The quantitative estimate of drug-likeness (QED) is 0.524. The number of piperidine rings is 1. The fraction of sp³-hybridized carbons (Fsp3) is 0.269. The maximum Gasteiger partial charge on any atom is 0.253 e. The summed E-state index contributed by atoms with van der Waals surface area (Å²) in [5, 5.41) is 3.30. The first kappa shape index (κ1) is 20.4. The molecule has 1 aliphatic heterocycles. The molecular weight excluding hydrogens is 400 g/mol. The monoisotopic (exact) mass is 426 g/mol. The Morgan fingerprint density at radius 3 is 2.50 bits per heavy atom. The fourth-order valence-electron chi connectivity index (χ4n) is 4.80. The van der Waals surface area contributed by atoms with Crippen LogP contribution in [-0.4, -0.2) is 47.9 Å². The van der Waals surface area contributed by atoms with Crippen molar-refractivity contribution in [1.29, 1.82) is 0 Å². The Hall–Kier alpha value is -3.51. The number of aromatic nitrogens is 1. The van der Waals surface area contributed by atoms with E-state index in [0.29, 0.717) is 23.6 Å². The Bertz CT molecular complexity index is 1200. The highest BCUT2D eigenvalue weighted by atomic mass is 16.2. The van der Waals surface area contributed by atoms with E-state index in [0.717, 1.165) is 59.6 Å². The minimum atomic E-state index is -0.461. The third-order valence-electron chi connectivity index (χ3n) is 6.62. The molecule has 2 amide bonds. The lowest BCUT2D eigenvalue weighted by Gasteiger charge is -2.32. The van der Waals surface area contributed by atoms with Crippen molar-refractivity contribution in [2.45, 2.75) is 25.3 Å². The lowest BCUT2D eigenvalue weighted by molar-refractivity contribution is 0.0707. The molecule has 1 fully saturated rings. The van der Waals surface area contributed by atoms with E-state index in [1.54, 1.807) is 6.07 Å². The van der Waals surface area contributed by atoms with Crippen molar-refractivity contribution in [3.8, 4) is 22.5 Å². The van der Waals surface area contributed by atoms with Crippen molar-refractivity contribution in [1.82, 2.24) is 15.2 Å². The Balaban J connectivity index is 1.49. The van der Waals surface area contributed by atoms with Gasteiger partial charge in [-0.3, -0.25) is 9.59 Å². The number of pyridine rings is 1. The van der Waals surface area contributed by atoms with Gasteiger partial charge in [-0.15, -0.1) is 0 Å². The van der Waals surface area contributed by atoms with Crippen LogP contribution in [0, 0.1) is 0 Å². The molecule has 1 saturated heterocycles. The molecule has 32 heavy (non-hydrogen) atoms. The van der Waals surface area contributed by atoms with Crippen LogP contribution in [0.2, 0.25) is 0 Å². The molecule has 3 N–H and O–H groups in total. The molecule has 6 nitrogen and oxygen atoms in total. The van der Waals surface area contributed by atoms with Crippen molar-refractivity contribution < 1.29 is 9.59 Å². The van der Waals surface area contributed by atoms with Gasteiger partial charge < -0.3 is 16.0 Å². The molecule has 0 saturated carbocycles. The van der Waals surface area contributed by atoms with Crippen molar-refractivity contribution in [3.05, 3.63) is 76.9 Å². The third kappa shape index (κ3) is 3.56. The molecule has 162 valence electrons. The van der Waals surface area contributed by atoms with E-state index in [1.165, 1.54) is 0 Å². The van der Waals surface area contributed by atoms with Crippen LogP contribution in [0.3, 0.4) is 0 Å². The minimum absolute atomic E-state index is 0.0615. The first-order valence-electron chi connectivity index (χ1n) is 11.0. The molecule has 0 radical (unpaired) electrons. The maximum atomic E-state index is 13.1. The average molecular weight is 427 g/mol. The van der Waals surface area contributed by atoms with Crippen LogP contribution in [0.25, 0.3) is 22.5 Å². The summed E-state index contributed by atoms with van der Waals surface area (Å²) >= 11 is 0. The normalized spacial score (nSPS) is 15.3. The molecule has 2 aromatic carbocycles. The third-order valence-corrected chi connectivity index (χ3v) is 6.62. The highest BCUT2D eigenvalue weighted by Crippen LogP contribution is 2.39. The molecule has 0 unspecified atom stereocenters. The number of rotatable bonds is 4. The standard InChI is InChI=1S/C26H26N4O2/c1-28-19-9-11-30(12-10-19)26(32)17-7-8-20-18(13-17)14-21-22(25(27)31)15-23(29-24(20)21)16-5-3-2-4-6-16/h2-8,13,15,19,28H,9-12,14H2,1H3,(H2,27,31). The first-order chi connectivity index (χ1) is 15.5. The van der Waals surface area contributed by atoms with Crippen LogP contribution in [0.1, 0.15) is 44.7 Å². The number of likely N-dealkylation sites (tertiary alicyclic amines) is 1. The summed E-state index contributed by atoms with van der Waals surface area (Å²) in [6.07, 6.45) is 2.48. The Morgan fingerprint density at radius 2 is 1.81 bits per heavy atom. The van der Waals surface area contributed by atoms with Gasteiger partial charge in [-0.05, 0) is 49.2 Å². The lowest BCUT2D eigenvalue weighted by Crippen LogP contribution is -2.43. The van der Waals surface area contributed by atoms with Crippen molar-refractivity contribution >= 4 is 11.8 Å². The minimum Gasteiger partial charge on any atom is -0.366 e. The smallest absolute Gasteiger partial charge is 0.253 e. The number of carbonyl (C=O) groups is 2. The molecule has 3 aromatic rings. The van der Waals surface area contributed by atoms with Gasteiger partial charge in [0, 0.05) is 47.8 Å². The molecule has 0 spiro atoms. The molecule has 2 aliphatic rings. The topological polar surface area (TPSA) is 88.3 Å². The van der Waals surface area contributed by atoms with Crippen LogP contribution < -0.4 is 11.1 Å². The van der Waals surface area contributed by atoms with E-state index in [2.05, 4.69) is 5.32 Å². The molecule has 1 aromatic heterocycles. The van der Waals surface area contributed by atoms with E-state index in [1.807, 2.05) is 60.5 Å². The van der Waals surface area contributed by atoms with Gasteiger partial charge in [0.25, 0.3) is 5.91 Å². The predicted molar refractivity (Wildman–Crippen MR) is 124 cm³/mol. The Kier molecular flexibility index (Phi) is 5.23. The van der Waals surface area contributed by atoms with E-state index in [-0.39, 0.29) is 5.91 Å². The van der Waals surface area contributed by atoms with Crippen molar-refractivity contribution in [2.75, 3.05) is 20.1 Å². The Morgan fingerprint density at radius 1 is 1.06 bits per heavy atom. The molecule has 6 heteroatoms. The van der Waals surface area contributed by atoms with Crippen molar-refractivity contribution in [2.24, 2.45) is 5.73 Å². The number of nitrogens with zero attached hydrogens (tertiary/aromatic N) is 2. The van der Waals surface area contributed by atoms with Gasteiger partial charge >= 0.3 is 0 Å². The van der Waals surface area contributed by atoms with Crippen LogP contribution in [-0.2, 0) is 6.42 Å². The van der Waals surface area contributed by atoms with E-state index < -0.39 is 5.91 Å². The van der Waals surface area contributed by atoms with E-state index in [9.17, 15) is 9.59 Å². The summed E-state index contributed by atoms with van der Waals surface area (Å²) < 4.78 is 0. The van der Waals surface area contributed by atoms with Crippen LogP contribution in [0.15, 0.2) is 54.6 Å². The SMILES string of the molecule is CNC1CCN(C(=O)c2ccc3c(c2)Cc2c(C(N)=O)cc(-c4ccccc4)nc2-3)CC1. The number of nitrogens with two attached hydrogens (primary N) is 1. The van der Waals surface area contributed by atoms with Gasteiger partial charge in [0.15, 0.2) is 0 Å². The van der Waals surface area contributed by atoms with Gasteiger partial charge in [0.2, 0.25) is 5.91 Å². The zero-order valence-corrected chi connectivity index (χ0v) is 18.1. The zero-order valence-electron chi connectivity index (χ0n) is 18.1. The van der Waals surface area contributed by atoms with Gasteiger partial charge in [-0.25, -0.2) is 4.98 Å². The number of nitrogens with one attached hydrogen (secondary N) is 1. The summed E-state index contributed by atoms with van der Waals surface area (Å²) in [7, 11) is 1.97. The second-order valence-electron chi connectivity index (χ2n) is 8.52. The van der Waals surface area contributed by atoms with Gasteiger partial charge in [-0.1, -0.05) is 36.4 Å². The van der Waals surface area contributed by atoms with Gasteiger partial charge in [0.1, 0.15) is 0 Å². The summed E-state index contributed by atoms with van der Waals surface area (Å²) in [5.74, 6) is -0.399. The molecule has 5 rings (SSSR count). The molecule has 0 bridgehead atoms. The summed E-state index contributed by atoms with van der Waals surface area (Å²) in [4.78, 5) is 32.2. The van der Waals surface area contributed by atoms with Gasteiger partial charge in [-0.2, -0.15) is 0 Å². The number of carbonyl (C=O) groups excluding carboxylic acids is 2. The summed E-state index contributed by atoms with van der Waals surface area (Å²) in [5.41, 5.74) is 12.2. The Labute approximate surface area is 187 Å². The zero-order chi connectivity index (χ0) is 22.2. The van der Waals surface area contributed by atoms with E-state index >= 15 is 0 Å². The van der Waals surface area contributed by atoms with Crippen LogP contribution >= 0.6 is 0 Å². The molecule has 1 aliphatic carbocycles. The number of amides is 2. The van der Waals surface area contributed by atoms with Crippen LogP contribution in [0.5, 0.6) is 0 Å². The number of benzene rings is 2. The first-order valence-corrected chi connectivity index (χ1v) is 11.0. The molecule has 0 atom stereocenters. The second kappa shape index (κ2) is 8.20. The van der Waals surface area contributed by atoms with E-state index in [4.69, 9.17) is 10.7 Å². The molecular formula is C26H26N4O2. The van der Waals surface area contributed by atoms with Crippen LogP contribution in [0.4, 0.5) is 0 Å². The summed E-state index contributed by atoms with van der Waals surface area (Å²) in [6, 6.07) is 17.8. The number of primary amides is 1. The number of hydrogen-bond donors (Lipinski definition) is 2. The average Bonchev–Trinajstić information content (AvgIpc) is 3.21.